The summed E-state index contributed by atoms with van der Waals surface area (Å²) < 4.78 is 32.2. The van der Waals surface area contributed by atoms with Crippen LogP contribution in [0.25, 0.3) is 0 Å². The Morgan fingerprint density at radius 2 is 2.26 bits per heavy atom. The van der Waals surface area contributed by atoms with Gasteiger partial charge in [0.25, 0.3) is 0 Å². The summed E-state index contributed by atoms with van der Waals surface area (Å²) in [6.45, 7) is 4.71. The average molecular weight is 304 g/mol. The number of ether oxygens (including phenoxy) is 1. The van der Waals surface area contributed by atoms with Crippen molar-refractivity contribution in [3.63, 3.8) is 0 Å². The zero-order valence-corrected chi connectivity index (χ0v) is 13.1. The van der Waals surface area contributed by atoms with Crippen LogP contribution in [0.3, 0.4) is 0 Å². The summed E-state index contributed by atoms with van der Waals surface area (Å²) in [6, 6.07) is 1.59. The monoisotopic (exact) mass is 304 g/mol. The van der Waals surface area contributed by atoms with Gasteiger partial charge in [0.1, 0.15) is 0 Å². The molecule has 0 amide bonds. The fraction of sp³-hybridized carbons (Fsp3) is 0.667. The second kappa shape index (κ2) is 5.49. The molecule has 108 valence electrons. The minimum Gasteiger partial charge on any atom is -0.377 e. The molecule has 1 aliphatic heterocycles. The normalized spacial score (nSPS) is 24.3. The van der Waals surface area contributed by atoms with Crippen LogP contribution in [0, 0.1) is 6.92 Å². The van der Waals surface area contributed by atoms with Crippen molar-refractivity contribution in [2.45, 2.75) is 43.9 Å². The quantitative estimate of drug-likeness (QED) is 0.910. The lowest BCUT2D eigenvalue weighted by Gasteiger charge is -2.25. The van der Waals surface area contributed by atoms with Gasteiger partial charge in [-0.3, -0.25) is 0 Å². The Bertz CT molecular complexity index is 553. The van der Waals surface area contributed by atoms with E-state index in [4.69, 9.17) is 10.5 Å². The van der Waals surface area contributed by atoms with Crippen molar-refractivity contribution in [2.75, 3.05) is 13.7 Å². The summed E-state index contributed by atoms with van der Waals surface area (Å²) in [5.41, 5.74) is 5.58. The number of nitrogens with two attached hydrogens (primary N) is 1. The van der Waals surface area contributed by atoms with E-state index in [1.807, 2.05) is 13.8 Å². The van der Waals surface area contributed by atoms with Crippen molar-refractivity contribution in [1.82, 2.24) is 4.31 Å². The van der Waals surface area contributed by atoms with Crippen LogP contribution in [0.1, 0.15) is 23.1 Å². The van der Waals surface area contributed by atoms with Gasteiger partial charge in [0, 0.05) is 30.0 Å². The average Bonchev–Trinajstić information content (AvgIpc) is 2.94. The van der Waals surface area contributed by atoms with Gasteiger partial charge in [-0.1, -0.05) is 0 Å². The maximum absolute atomic E-state index is 12.7. The molecule has 7 heteroatoms. The Hall–Kier alpha value is -0.470. The summed E-state index contributed by atoms with van der Waals surface area (Å²) in [4.78, 5) is 2.05. The molecule has 0 bridgehead atoms. The van der Waals surface area contributed by atoms with Crippen molar-refractivity contribution in [3.05, 3.63) is 15.8 Å². The molecule has 1 fully saturated rings. The molecular weight excluding hydrogens is 284 g/mol. The van der Waals surface area contributed by atoms with Crippen molar-refractivity contribution in [2.24, 2.45) is 5.73 Å². The van der Waals surface area contributed by atoms with Crippen LogP contribution < -0.4 is 5.73 Å². The first-order chi connectivity index (χ1) is 8.87. The molecule has 2 rings (SSSR count). The molecule has 1 saturated heterocycles. The number of thiophene rings is 1. The number of rotatable bonds is 4. The first-order valence-corrected chi connectivity index (χ1v) is 8.52. The third-order valence-corrected chi connectivity index (χ3v) is 6.80. The van der Waals surface area contributed by atoms with E-state index in [1.165, 1.54) is 15.6 Å². The highest BCUT2D eigenvalue weighted by Gasteiger charge is 2.36. The molecule has 5 nitrogen and oxygen atoms in total. The van der Waals surface area contributed by atoms with E-state index >= 15 is 0 Å². The Morgan fingerprint density at radius 3 is 2.74 bits per heavy atom. The predicted molar refractivity (Wildman–Crippen MR) is 75.7 cm³/mol. The number of hydrogen-bond acceptors (Lipinski definition) is 5. The lowest BCUT2D eigenvalue weighted by atomic mass is 10.2. The molecule has 0 aliphatic carbocycles. The van der Waals surface area contributed by atoms with Crippen LogP contribution in [0.15, 0.2) is 11.0 Å². The number of aryl methyl sites for hydroxylation is 1. The molecule has 0 radical (unpaired) electrons. The second-order valence-electron chi connectivity index (χ2n) is 4.79. The van der Waals surface area contributed by atoms with E-state index in [1.54, 1.807) is 13.1 Å². The fourth-order valence-electron chi connectivity index (χ4n) is 2.41. The predicted octanol–water partition coefficient (Wildman–Crippen LogP) is 1.31. The molecule has 1 aromatic heterocycles. The Labute approximate surface area is 118 Å². The van der Waals surface area contributed by atoms with Crippen LogP contribution in [-0.2, 0) is 21.3 Å². The lowest BCUT2D eigenvalue weighted by molar-refractivity contribution is 0.102. The van der Waals surface area contributed by atoms with E-state index in [-0.39, 0.29) is 12.1 Å². The minimum atomic E-state index is -3.47. The van der Waals surface area contributed by atoms with Crippen LogP contribution in [0.2, 0.25) is 0 Å². The molecule has 1 aliphatic rings. The molecule has 0 aromatic carbocycles. The van der Waals surface area contributed by atoms with Gasteiger partial charge in [-0.05, 0) is 26.3 Å². The van der Waals surface area contributed by atoms with Gasteiger partial charge in [0.15, 0.2) is 0 Å². The highest BCUT2D eigenvalue weighted by Crippen LogP contribution is 2.30. The zero-order valence-electron chi connectivity index (χ0n) is 11.4. The fourth-order valence-corrected chi connectivity index (χ4v) is 5.34. The van der Waals surface area contributed by atoms with Crippen molar-refractivity contribution in [1.29, 1.82) is 0 Å². The number of likely N-dealkylation sites (N-methyl/N-ethyl adjacent to an activating group) is 1. The van der Waals surface area contributed by atoms with Gasteiger partial charge in [0.2, 0.25) is 10.0 Å². The summed E-state index contributed by atoms with van der Waals surface area (Å²) in [5.74, 6) is 0. The van der Waals surface area contributed by atoms with Gasteiger partial charge in [0.05, 0.1) is 17.0 Å². The molecule has 19 heavy (non-hydrogen) atoms. The maximum Gasteiger partial charge on any atom is 0.244 e. The molecular formula is C12H20N2O3S2. The van der Waals surface area contributed by atoms with E-state index in [9.17, 15) is 8.42 Å². The molecule has 2 atom stereocenters. The third kappa shape index (κ3) is 2.71. The second-order valence-corrected chi connectivity index (χ2v) is 8.10. The smallest absolute Gasteiger partial charge is 0.244 e. The highest BCUT2D eigenvalue weighted by molar-refractivity contribution is 7.89. The first-order valence-electron chi connectivity index (χ1n) is 6.27. The number of nitrogens with zero attached hydrogens (tertiary/aromatic N) is 1. The topological polar surface area (TPSA) is 72.6 Å². The van der Waals surface area contributed by atoms with Crippen molar-refractivity contribution in [3.8, 4) is 0 Å². The third-order valence-electron chi connectivity index (χ3n) is 3.58. The SMILES string of the molecule is Cc1sc(CN)cc1S(=O)(=O)N(C)C1CCOC1C. The van der Waals surface area contributed by atoms with Gasteiger partial charge in [-0.15, -0.1) is 11.3 Å². The summed E-state index contributed by atoms with van der Waals surface area (Å²) in [7, 11) is -1.84. The largest absolute Gasteiger partial charge is 0.377 e. The van der Waals surface area contributed by atoms with Crippen LogP contribution in [0.5, 0.6) is 0 Å². The lowest BCUT2D eigenvalue weighted by Crippen LogP contribution is -2.40. The van der Waals surface area contributed by atoms with Gasteiger partial charge in [-0.2, -0.15) is 4.31 Å². The van der Waals surface area contributed by atoms with E-state index in [2.05, 4.69) is 0 Å². The Kier molecular flexibility index (Phi) is 4.32. The van der Waals surface area contributed by atoms with Crippen molar-refractivity contribution < 1.29 is 13.2 Å². The summed E-state index contributed by atoms with van der Waals surface area (Å²) in [5, 5.41) is 0. The molecule has 1 aromatic rings. The molecule has 0 saturated carbocycles. The Morgan fingerprint density at radius 1 is 1.58 bits per heavy atom. The number of hydrogen-bond donors (Lipinski definition) is 1. The maximum atomic E-state index is 12.7. The van der Waals surface area contributed by atoms with Crippen LogP contribution >= 0.6 is 11.3 Å². The molecule has 2 heterocycles. The highest BCUT2D eigenvalue weighted by atomic mass is 32.2. The van der Waals surface area contributed by atoms with E-state index in [0.29, 0.717) is 18.0 Å². The van der Waals surface area contributed by atoms with Gasteiger partial charge < -0.3 is 10.5 Å². The minimum absolute atomic E-state index is 0.0623. The molecule has 2 unspecified atom stereocenters. The van der Waals surface area contributed by atoms with Gasteiger partial charge >= 0.3 is 0 Å². The van der Waals surface area contributed by atoms with Gasteiger partial charge in [-0.25, -0.2) is 8.42 Å². The van der Waals surface area contributed by atoms with Crippen LogP contribution in [-0.4, -0.2) is 38.5 Å². The zero-order chi connectivity index (χ0) is 14.2. The van der Waals surface area contributed by atoms with E-state index < -0.39 is 10.0 Å². The summed E-state index contributed by atoms with van der Waals surface area (Å²) in [6.07, 6.45) is 0.678. The first kappa shape index (κ1) is 14.9. The van der Waals surface area contributed by atoms with E-state index in [0.717, 1.165) is 16.2 Å². The van der Waals surface area contributed by atoms with Crippen molar-refractivity contribution >= 4 is 21.4 Å². The number of sulfonamides is 1. The van der Waals surface area contributed by atoms with Crippen LogP contribution in [0.4, 0.5) is 0 Å². The summed E-state index contributed by atoms with van der Waals surface area (Å²) >= 11 is 1.44. The molecule has 0 spiro atoms. The standard InChI is InChI=1S/C12H20N2O3S2/c1-8-11(4-5-17-8)14(3)19(15,16)12-6-10(7-13)18-9(12)2/h6,8,11H,4-5,7,13H2,1-3H3. The molecule has 2 N–H and O–H groups in total. The Balaban J connectivity index is 2.33.